The summed E-state index contributed by atoms with van der Waals surface area (Å²) >= 11 is 0. The highest BCUT2D eigenvalue weighted by atomic mass is 16.5. The van der Waals surface area contributed by atoms with Gasteiger partial charge in [-0.05, 0) is 26.9 Å². The van der Waals surface area contributed by atoms with E-state index in [1.165, 1.54) is 0 Å². The lowest BCUT2D eigenvalue weighted by Gasteiger charge is -2.36. The molecule has 21 heavy (non-hydrogen) atoms. The number of carbonyl (C=O) groups excluding carboxylic acids is 2. The lowest BCUT2D eigenvalue weighted by Crippen LogP contribution is -2.54. The highest BCUT2D eigenvalue weighted by molar-refractivity contribution is 5.82. The van der Waals surface area contributed by atoms with Gasteiger partial charge in [0.2, 0.25) is 5.91 Å². The fraction of sp³-hybridized carbons (Fsp3) is 0.857. The third kappa shape index (κ3) is 4.15. The largest absolute Gasteiger partial charge is 0.364 e. The molecule has 0 saturated carbocycles. The van der Waals surface area contributed by atoms with Gasteiger partial charge in [0, 0.05) is 32.7 Å². The number of hydrogen-bond donors (Lipinski definition) is 1. The molecular formula is C14H26N4O3. The molecule has 0 bridgehead atoms. The van der Waals surface area contributed by atoms with Crippen LogP contribution in [0, 0.1) is 0 Å². The Hall–Kier alpha value is -1.18. The topological polar surface area (TPSA) is 79.1 Å². The van der Waals surface area contributed by atoms with Crippen LogP contribution in [0.1, 0.15) is 12.8 Å². The van der Waals surface area contributed by atoms with E-state index in [-0.39, 0.29) is 24.0 Å². The van der Waals surface area contributed by atoms with Crippen molar-refractivity contribution in [1.29, 1.82) is 0 Å². The number of hydrogen-bond acceptors (Lipinski definition) is 5. The number of likely N-dealkylation sites (N-methyl/N-ethyl adjacent to an activating group) is 1. The molecule has 2 fully saturated rings. The highest BCUT2D eigenvalue weighted by Gasteiger charge is 2.34. The summed E-state index contributed by atoms with van der Waals surface area (Å²) in [7, 11) is 3.76. The Kier molecular flexibility index (Phi) is 5.55. The molecule has 2 atom stereocenters. The van der Waals surface area contributed by atoms with Gasteiger partial charge in [0.1, 0.15) is 6.10 Å². The van der Waals surface area contributed by atoms with Crippen molar-refractivity contribution in [2.45, 2.75) is 25.0 Å². The second-order valence-corrected chi connectivity index (χ2v) is 6.00. The number of carbonyl (C=O) groups is 2. The summed E-state index contributed by atoms with van der Waals surface area (Å²) in [4.78, 5) is 29.8. The van der Waals surface area contributed by atoms with Crippen molar-refractivity contribution >= 4 is 11.8 Å². The van der Waals surface area contributed by atoms with Crippen LogP contribution < -0.4 is 5.73 Å². The SMILES string of the molecule is CN(C)CC(=O)N1CCN(C(=O)C2CCC(CN)O2)CC1. The number of nitrogens with two attached hydrogens (primary N) is 1. The fourth-order valence-corrected chi connectivity index (χ4v) is 2.81. The first kappa shape index (κ1) is 16.2. The predicted octanol–water partition coefficient (Wildman–Crippen LogP) is -1.27. The van der Waals surface area contributed by atoms with Gasteiger partial charge in [0.15, 0.2) is 0 Å². The quantitative estimate of drug-likeness (QED) is 0.700. The van der Waals surface area contributed by atoms with Crippen molar-refractivity contribution in [2.75, 3.05) is 53.4 Å². The molecule has 7 nitrogen and oxygen atoms in total. The first-order valence-electron chi connectivity index (χ1n) is 7.58. The van der Waals surface area contributed by atoms with Gasteiger partial charge in [-0.25, -0.2) is 0 Å². The summed E-state index contributed by atoms with van der Waals surface area (Å²) < 4.78 is 5.65. The summed E-state index contributed by atoms with van der Waals surface area (Å²) in [6.45, 7) is 3.27. The third-order valence-electron chi connectivity index (χ3n) is 4.04. The summed E-state index contributed by atoms with van der Waals surface area (Å²) in [6, 6.07) is 0. The molecule has 2 rings (SSSR count). The van der Waals surface area contributed by atoms with Gasteiger partial charge in [-0.3, -0.25) is 9.59 Å². The maximum absolute atomic E-state index is 12.4. The Morgan fingerprint density at radius 3 is 2.29 bits per heavy atom. The minimum absolute atomic E-state index is 0.0157. The van der Waals surface area contributed by atoms with Crippen molar-refractivity contribution < 1.29 is 14.3 Å². The Morgan fingerprint density at radius 2 is 1.76 bits per heavy atom. The number of piperazine rings is 1. The molecule has 7 heteroatoms. The first-order valence-corrected chi connectivity index (χ1v) is 7.58. The highest BCUT2D eigenvalue weighted by Crippen LogP contribution is 2.21. The summed E-state index contributed by atoms with van der Waals surface area (Å²) in [6.07, 6.45) is 1.28. The summed E-state index contributed by atoms with van der Waals surface area (Å²) in [5, 5.41) is 0. The van der Waals surface area contributed by atoms with Crippen LogP contribution in [0.2, 0.25) is 0 Å². The van der Waals surface area contributed by atoms with Gasteiger partial charge in [-0.1, -0.05) is 0 Å². The van der Waals surface area contributed by atoms with Gasteiger partial charge in [0.05, 0.1) is 12.6 Å². The van der Waals surface area contributed by atoms with E-state index >= 15 is 0 Å². The zero-order chi connectivity index (χ0) is 15.4. The first-order chi connectivity index (χ1) is 10.0. The Bertz CT molecular complexity index is 380. The maximum Gasteiger partial charge on any atom is 0.251 e. The number of ether oxygens (including phenoxy) is 1. The van der Waals surface area contributed by atoms with Crippen LogP contribution >= 0.6 is 0 Å². The van der Waals surface area contributed by atoms with Crippen molar-refractivity contribution in [1.82, 2.24) is 14.7 Å². The summed E-state index contributed by atoms with van der Waals surface area (Å²) in [5.41, 5.74) is 5.57. The van der Waals surface area contributed by atoms with Crippen molar-refractivity contribution in [3.05, 3.63) is 0 Å². The minimum atomic E-state index is -0.345. The molecular weight excluding hydrogens is 272 g/mol. The van der Waals surface area contributed by atoms with Crippen LogP contribution in [0.3, 0.4) is 0 Å². The molecule has 2 aliphatic rings. The molecule has 2 aliphatic heterocycles. The van der Waals surface area contributed by atoms with Crippen LogP contribution in [0.15, 0.2) is 0 Å². The summed E-state index contributed by atoms with van der Waals surface area (Å²) in [5.74, 6) is 0.165. The molecule has 2 heterocycles. The zero-order valence-corrected chi connectivity index (χ0v) is 13.0. The molecule has 2 amide bonds. The van der Waals surface area contributed by atoms with E-state index in [1.54, 1.807) is 0 Å². The molecule has 0 aromatic carbocycles. The van der Waals surface area contributed by atoms with Gasteiger partial charge >= 0.3 is 0 Å². The van der Waals surface area contributed by atoms with Crippen LogP contribution in [0.5, 0.6) is 0 Å². The van der Waals surface area contributed by atoms with Crippen molar-refractivity contribution in [3.8, 4) is 0 Å². The lowest BCUT2D eigenvalue weighted by atomic mass is 10.1. The monoisotopic (exact) mass is 298 g/mol. The average molecular weight is 298 g/mol. The van der Waals surface area contributed by atoms with E-state index in [1.807, 2.05) is 28.8 Å². The molecule has 0 aliphatic carbocycles. The fourth-order valence-electron chi connectivity index (χ4n) is 2.81. The van der Waals surface area contributed by atoms with Gasteiger partial charge in [-0.2, -0.15) is 0 Å². The predicted molar refractivity (Wildman–Crippen MR) is 78.7 cm³/mol. The molecule has 2 N–H and O–H groups in total. The second-order valence-electron chi connectivity index (χ2n) is 6.00. The molecule has 0 spiro atoms. The van der Waals surface area contributed by atoms with E-state index in [2.05, 4.69) is 0 Å². The van der Waals surface area contributed by atoms with Crippen LogP contribution in [0.4, 0.5) is 0 Å². The smallest absolute Gasteiger partial charge is 0.251 e. The van der Waals surface area contributed by atoms with Crippen LogP contribution in [-0.2, 0) is 14.3 Å². The van der Waals surface area contributed by atoms with Gasteiger partial charge in [0.25, 0.3) is 5.91 Å². The number of nitrogens with zero attached hydrogens (tertiary/aromatic N) is 3. The Morgan fingerprint density at radius 1 is 1.14 bits per heavy atom. The minimum Gasteiger partial charge on any atom is -0.364 e. The molecule has 0 aromatic rings. The lowest BCUT2D eigenvalue weighted by molar-refractivity contribution is -0.147. The average Bonchev–Trinajstić information content (AvgIpc) is 2.95. The number of amides is 2. The van der Waals surface area contributed by atoms with Crippen molar-refractivity contribution in [2.24, 2.45) is 5.73 Å². The molecule has 0 aromatic heterocycles. The maximum atomic E-state index is 12.4. The van der Waals surface area contributed by atoms with Gasteiger partial charge < -0.3 is 25.2 Å². The zero-order valence-electron chi connectivity index (χ0n) is 13.0. The van der Waals surface area contributed by atoms with E-state index in [4.69, 9.17) is 10.5 Å². The van der Waals surface area contributed by atoms with E-state index in [0.717, 1.165) is 12.8 Å². The Balaban J connectivity index is 1.78. The Labute approximate surface area is 126 Å². The van der Waals surface area contributed by atoms with Crippen molar-refractivity contribution in [3.63, 3.8) is 0 Å². The van der Waals surface area contributed by atoms with E-state index in [9.17, 15) is 9.59 Å². The van der Waals surface area contributed by atoms with E-state index in [0.29, 0.717) is 39.3 Å². The van der Waals surface area contributed by atoms with Gasteiger partial charge in [-0.15, -0.1) is 0 Å². The second kappa shape index (κ2) is 7.20. The normalized spacial score (nSPS) is 26.5. The molecule has 120 valence electrons. The van der Waals surface area contributed by atoms with Crippen LogP contribution in [0.25, 0.3) is 0 Å². The standard InChI is InChI=1S/C14H26N4O3/c1-16(2)10-13(19)17-5-7-18(8-6-17)14(20)12-4-3-11(9-15)21-12/h11-12H,3-10,15H2,1-2H3. The third-order valence-corrected chi connectivity index (χ3v) is 4.04. The van der Waals surface area contributed by atoms with Crippen LogP contribution in [-0.4, -0.2) is 92.1 Å². The molecule has 2 unspecified atom stereocenters. The number of rotatable bonds is 4. The molecule has 2 saturated heterocycles. The van der Waals surface area contributed by atoms with E-state index < -0.39 is 0 Å². The molecule has 0 radical (unpaired) electrons.